The van der Waals surface area contributed by atoms with Crippen LogP contribution in [-0.4, -0.2) is 11.8 Å². The third-order valence-electron chi connectivity index (χ3n) is 2.21. The summed E-state index contributed by atoms with van der Waals surface area (Å²) < 4.78 is 0. The van der Waals surface area contributed by atoms with Crippen molar-refractivity contribution in [3.63, 3.8) is 0 Å². The minimum absolute atomic E-state index is 0.585. The molecule has 1 fully saturated rings. The summed E-state index contributed by atoms with van der Waals surface area (Å²) >= 11 is 11.4. The Hall–Kier alpha value is 0.580. The van der Waals surface area contributed by atoms with Gasteiger partial charge >= 0.3 is 0 Å². The van der Waals surface area contributed by atoms with E-state index in [1.165, 1.54) is 19.3 Å². The van der Waals surface area contributed by atoms with E-state index < -0.39 is 0 Å². The minimum Gasteiger partial charge on any atom is -0.126 e. The summed E-state index contributed by atoms with van der Waals surface area (Å²) in [6.07, 6.45) is 4.09. The van der Waals surface area contributed by atoms with Crippen LogP contribution in [0.1, 0.15) is 19.3 Å². The summed E-state index contributed by atoms with van der Waals surface area (Å²) in [5.74, 6) is 2.92. The van der Waals surface area contributed by atoms with Gasteiger partial charge in [-0.25, -0.2) is 0 Å². The Kier molecular flexibility index (Phi) is 3.14. The van der Waals surface area contributed by atoms with Crippen molar-refractivity contribution in [1.29, 1.82) is 0 Å². The highest BCUT2D eigenvalue weighted by molar-refractivity contribution is 6.20. The molecule has 0 aliphatic heterocycles. The van der Waals surface area contributed by atoms with E-state index in [2.05, 4.69) is 0 Å². The largest absolute Gasteiger partial charge is 0.126 e. The lowest BCUT2D eigenvalue weighted by Crippen LogP contribution is -2.24. The van der Waals surface area contributed by atoms with Gasteiger partial charge in [0.25, 0.3) is 0 Å². The Bertz CT molecular complexity index is 75.0. The second-order valence-electron chi connectivity index (χ2n) is 2.76. The first-order valence-electron chi connectivity index (χ1n) is 3.50. The molecule has 0 aromatic carbocycles. The molecule has 1 aliphatic carbocycles. The van der Waals surface area contributed by atoms with Crippen LogP contribution in [0.4, 0.5) is 0 Å². The fourth-order valence-electron chi connectivity index (χ4n) is 1.20. The quantitative estimate of drug-likeness (QED) is 0.567. The van der Waals surface area contributed by atoms with Crippen LogP contribution in [0.3, 0.4) is 0 Å². The Morgan fingerprint density at radius 2 is 1.78 bits per heavy atom. The maximum Gasteiger partial charge on any atom is 0.0265 e. The van der Waals surface area contributed by atoms with Crippen molar-refractivity contribution in [3.05, 3.63) is 0 Å². The lowest BCUT2D eigenvalue weighted by atomic mass is 9.77. The molecule has 0 atom stereocenters. The van der Waals surface area contributed by atoms with Crippen LogP contribution in [-0.2, 0) is 0 Å². The van der Waals surface area contributed by atoms with Gasteiger partial charge < -0.3 is 0 Å². The first-order valence-corrected chi connectivity index (χ1v) is 4.57. The molecule has 0 bridgehead atoms. The molecule has 0 amide bonds. The van der Waals surface area contributed by atoms with E-state index in [1.54, 1.807) is 0 Å². The third kappa shape index (κ3) is 1.75. The fraction of sp³-hybridized carbons (Fsp3) is 1.00. The molecule has 0 spiro atoms. The van der Waals surface area contributed by atoms with Crippen molar-refractivity contribution in [2.75, 3.05) is 11.8 Å². The van der Waals surface area contributed by atoms with E-state index in [0.717, 1.165) is 17.7 Å². The first-order chi connectivity index (χ1) is 4.38. The van der Waals surface area contributed by atoms with Gasteiger partial charge in [-0.2, -0.15) is 0 Å². The van der Waals surface area contributed by atoms with Crippen LogP contribution in [0.5, 0.6) is 0 Å². The molecule has 0 nitrogen and oxygen atoms in total. The van der Waals surface area contributed by atoms with Gasteiger partial charge in [0.15, 0.2) is 0 Å². The van der Waals surface area contributed by atoms with Gasteiger partial charge in [-0.1, -0.05) is 19.3 Å². The van der Waals surface area contributed by atoms with Crippen molar-refractivity contribution in [2.24, 2.45) is 11.8 Å². The van der Waals surface area contributed by atoms with E-state index in [4.69, 9.17) is 23.2 Å². The second-order valence-corrected chi connectivity index (χ2v) is 3.38. The van der Waals surface area contributed by atoms with Crippen LogP contribution in [0.15, 0.2) is 0 Å². The average molecular weight is 167 g/mol. The Morgan fingerprint density at radius 3 is 1.89 bits per heavy atom. The number of hydrogen-bond donors (Lipinski definition) is 0. The van der Waals surface area contributed by atoms with Crippen LogP contribution >= 0.6 is 23.2 Å². The van der Waals surface area contributed by atoms with Crippen LogP contribution in [0.25, 0.3) is 0 Å². The summed E-state index contributed by atoms with van der Waals surface area (Å²) in [4.78, 5) is 0. The fourth-order valence-corrected chi connectivity index (χ4v) is 2.04. The zero-order valence-corrected chi connectivity index (χ0v) is 6.96. The van der Waals surface area contributed by atoms with Crippen molar-refractivity contribution in [1.82, 2.24) is 0 Å². The molecule has 0 unspecified atom stereocenters. The maximum atomic E-state index is 5.69. The smallest absolute Gasteiger partial charge is 0.0265 e. The van der Waals surface area contributed by atoms with Crippen molar-refractivity contribution in [3.8, 4) is 0 Å². The van der Waals surface area contributed by atoms with Gasteiger partial charge in [0.1, 0.15) is 0 Å². The van der Waals surface area contributed by atoms with Crippen molar-refractivity contribution >= 4 is 23.2 Å². The lowest BCUT2D eigenvalue weighted by Gasteiger charge is -2.31. The SMILES string of the molecule is ClCC(CCl)C1CCC1. The molecule has 9 heavy (non-hydrogen) atoms. The second kappa shape index (κ2) is 3.68. The Balaban J connectivity index is 2.19. The minimum atomic E-state index is 0.585. The highest BCUT2D eigenvalue weighted by Crippen LogP contribution is 2.34. The van der Waals surface area contributed by atoms with Crippen LogP contribution in [0.2, 0.25) is 0 Å². The maximum absolute atomic E-state index is 5.69. The van der Waals surface area contributed by atoms with Crippen LogP contribution < -0.4 is 0 Å². The normalized spacial score (nSPS) is 20.3. The zero-order chi connectivity index (χ0) is 6.69. The molecule has 0 saturated heterocycles. The molecule has 0 heterocycles. The van der Waals surface area contributed by atoms with Gasteiger partial charge in [-0.15, -0.1) is 23.2 Å². The van der Waals surface area contributed by atoms with E-state index in [-0.39, 0.29) is 0 Å². The summed E-state index contributed by atoms with van der Waals surface area (Å²) in [5.41, 5.74) is 0. The van der Waals surface area contributed by atoms with Gasteiger partial charge in [-0.05, 0) is 11.8 Å². The average Bonchev–Trinajstić information content (AvgIpc) is 1.78. The molecule has 0 N–H and O–H groups in total. The number of rotatable bonds is 3. The summed E-state index contributed by atoms with van der Waals surface area (Å²) in [5, 5.41) is 0. The lowest BCUT2D eigenvalue weighted by molar-refractivity contribution is 0.240. The van der Waals surface area contributed by atoms with Crippen molar-refractivity contribution < 1.29 is 0 Å². The molecule has 1 rings (SSSR count). The molecule has 0 aromatic heterocycles. The van der Waals surface area contributed by atoms with Gasteiger partial charge in [0.05, 0.1) is 0 Å². The zero-order valence-electron chi connectivity index (χ0n) is 5.45. The Morgan fingerprint density at radius 1 is 1.22 bits per heavy atom. The van der Waals surface area contributed by atoms with Crippen molar-refractivity contribution in [2.45, 2.75) is 19.3 Å². The third-order valence-corrected chi connectivity index (χ3v) is 3.01. The highest BCUT2D eigenvalue weighted by Gasteiger charge is 2.25. The highest BCUT2D eigenvalue weighted by atomic mass is 35.5. The molecule has 1 saturated carbocycles. The predicted octanol–water partition coefficient (Wildman–Crippen LogP) is 2.88. The summed E-state index contributed by atoms with van der Waals surface area (Å²) in [7, 11) is 0. The van der Waals surface area contributed by atoms with E-state index in [1.807, 2.05) is 0 Å². The van der Waals surface area contributed by atoms with Gasteiger partial charge in [0.2, 0.25) is 0 Å². The standard InChI is InChI=1S/C7H12Cl2/c8-4-7(5-9)6-2-1-3-6/h6-7H,1-5H2. The molecular formula is C7H12Cl2. The van der Waals surface area contributed by atoms with E-state index in [9.17, 15) is 0 Å². The summed E-state index contributed by atoms with van der Waals surface area (Å²) in [6.45, 7) is 0. The predicted molar refractivity (Wildman–Crippen MR) is 42.3 cm³/mol. The van der Waals surface area contributed by atoms with Gasteiger partial charge in [-0.3, -0.25) is 0 Å². The molecule has 0 aromatic rings. The van der Waals surface area contributed by atoms with E-state index in [0.29, 0.717) is 5.92 Å². The monoisotopic (exact) mass is 166 g/mol. The molecule has 0 radical (unpaired) electrons. The first kappa shape index (κ1) is 7.68. The topological polar surface area (TPSA) is 0 Å². The number of alkyl halides is 2. The van der Waals surface area contributed by atoms with Crippen LogP contribution in [0, 0.1) is 11.8 Å². The number of hydrogen-bond acceptors (Lipinski definition) is 0. The molecular weight excluding hydrogens is 155 g/mol. The molecule has 1 aliphatic rings. The number of halogens is 2. The van der Waals surface area contributed by atoms with Gasteiger partial charge in [0, 0.05) is 11.8 Å². The summed E-state index contributed by atoms with van der Waals surface area (Å²) in [6, 6.07) is 0. The van der Waals surface area contributed by atoms with E-state index >= 15 is 0 Å². The molecule has 2 heteroatoms. The Labute approximate surface area is 66.5 Å². The molecule has 54 valence electrons.